The first kappa shape index (κ1) is 44.2. The maximum atomic E-state index is 13.8. The molecule has 2 heterocycles. The van der Waals surface area contributed by atoms with Gasteiger partial charge in [0.15, 0.2) is 0 Å². The van der Waals surface area contributed by atoms with Crippen LogP contribution in [0.2, 0.25) is 0 Å². The van der Waals surface area contributed by atoms with Gasteiger partial charge in [0.1, 0.15) is 18.4 Å². The summed E-state index contributed by atoms with van der Waals surface area (Å²) in [6.45, 7) is 10.4. The number of hydrogen-bond donors (Lipinski definition) is 2. The van der Waals surface area contributed by atoms with Gasteiger partial charge in [-0.15, -0.1) is 0 Å². The lowest BCUT2D eigenvalue weighted by atomic mass is 10.0. The summed E-state index contributed by atoms with van der Waals surface area (Å²) in [6.07, 6.45) is 5.37. The van der Waals surface area contributed by atoms with E-state index in [9.17, 15) is 22.4 Å². The van der Waals surface area contributed by atoms with Crippen molar-refractivity contribution in [1.82, 2.24) is 25.1 Å². The third-order valence-electron chi connectivity index (χ3n) is 7.88. The van der Waals surface area contributed by atoms with Gasteiger partial charge in [-0.3, -0.25) is 14.8 Å². The number of aldehydes is 2. The normalized spacial score (nSPS) is 15.2. The number of aromatic amines is 1. The van der Waals surface area contributed by atoms with Crippen molar-refractivity contribution in [2.24, 2.45) is 4.99 Å². The van der Waals surface area contributed by atoms with Crippen molar-refractivity contribution in [2.75, 3.05) is 40.3 Å². The van der Waals surface area contributed by atoms with Gasteiger partial charge in [0.2, 0.25) is 0 Å². The number of rotatable bonds is 13. The van der Waals surface area contributed by atoms with E-state index >= 15 is 0 Å². The van der Waals surface area contributed by atoms with Crippen LogP contribution in [0.3, 0.4) is 0 Å². The number of likely N-dealkylation sites (tertiary alicyclic amines) is 1. The number of likely N-dealkylation sites (N-methyl/N-ethyl adjacent to an activating group) is 1. The van der Waals surface area contributed by atoms with E-state index in [0.29, 0.717) is 31.0 Å². The van der Waals surface area contributed by atoms with E-state index in [4.69, 9.17) is 4.79 Å². The van der Waals surface area contributed by atoms with Crippen LogP contribution in [0.15, 0.2) is 96.3 Å². The topological polar surface area (TPSA) is 93.7 Å². The Bertz CT molecular complexity index is 1690. The van der Waals surface area contributed by atoms with Crippen molar-refractivity contribution < 1.29 is 27.2 Å². The zero-order valence-electron chi connectivity index (χ0n) is 31.5. The molecule has 5 rings (SSSR count). The maximum absolute atomic E-state index is 13.8. The Balaban J connectivity index is 0.000000588. The third kappa shape index (κ3) is 15.3. The average Bonchev–Trinajstić information content (AvgIpc) is 3.73. The molecule has 1 aliphatic heterocycles. The number of alkyl halides is 4. The van der Waals surface area contributed by atoms with Crippen LogP contribution >= 0.6 is 0 Å². The fourth-order valence-electron chi connectivity index (χ4n) is 5.52. The van der Waals surface area contributed by atoms with Crippen LogP contribution in [0.5, 0.6) is 0 Å². The van der Waals surface area contributed by atoms with E-state index in [1.54, 1.807) is 36.3 Å². The van der Waals surface area contributed by atoms with Crippen LogP contribution < -0.4 is 5.32 Å². The van der Waals surface area contributed by atoms with Crippen LogP contribution in [0, 0.1) is 0 Å². The van der Waals surface area contributed by atoms with Crippen LogP contribution in [0.1, 0.15) is 57.1 Å². The number of nitrogens with one attached hydrogen (secondary N) is 2. The number of aliphatic imine (C=N–C) groups is 1. The van der Waals surface area contributed by atoms with Crippen LogP contribution in [-0.2, 0) is 16.0 Å². The minimum absolute atomic E-state index is 0.239. The Morgan fingerprint density at radius 1 is 1.04 bits per heavy atom. The second-order valence-electron chi connectivity index (χ2n) is 12.4. The van der Waals surface area contributed by atoms with Gasteiger partial charge in [0.05, 0.1) is 36.7 Å². The first-order valence-corrected chi connectivity index (χ1v) is 17.5. The summed E-state index contributed by atoms with van der Waals surface area (Å²) in [5, 5.41) is 3.12. The molecule has 1 aromatic heterocycles. The number of nitrogens with zero attached hydrogens (tertiary/aromatic N) is 4. The molecule has 0 spiro atoms. The molecule has 1 atom stereocenters. The number of H-pyrrole nitrogens is 1. The molecule has 2 N–H and O–H groups in total. The molecule has 8 nitrogen and oxygen atoms in total. The lowest BCUT2D eigenvalue weighted by Gasteiger charge is -2.20. The Morgan fingerprint density at radius 2 is 1.60 bits per heavy atom. The molecule has 1 unspecified atom stereocenters. The predicted molar refractivity (Wildman–Crippen MR) is 207 cm³/mol. The van der Waals surface area contributed by atoms with E-state index in [1.165, 1.54) is 6.92 Å². The molecule has 0 bridgehead atoms. The zero-order chi connectivity index (χ0) is 39.4. The molecule has 12 heteroatoms. The number of aromatic nitrogens is 2. The van der Waals surface area contributed by atoms with Gasteiger partial charge in [0, 0.05) is 44.6 Å². The van der Waals surface area contributed by atoms with E-state index in [0.717, 1.165) is 53.0 Å². The minimum Gasteiger partial charge on any atom is -0.388 e. The molecule has 0 saturated carbocycles. The van der Waals surface area contributed by atoms with Crippen molar-refractivity contribution in [3.63, 3.8) is 0 Å². The Hall–Kier alpha value is -4.94. The highest BCUT2D eigenvalue weighted by Crippen LogP contribution is 2.39. The Kier molecular flexibility index (Phi) is 18.5. The van der Waals surface area contributed by atoms with Gasteiger partial charge >= 0.3 is 0 Å². The van der Waals surface area contributed by atoms with Gasteiger partial charge in [-0.25, -0.2) is 22.5 Å². The summed E-state index contributed by atoms with van der Waals surface area (Å²) < 4.78 is 53.8. The van der Waals surface area contributed by atoms with Crippen molar-refractivity contribution in [3.05, 3.63) is 108 Å². The lowest BCUT2D eigenvalue weighted by molar-refractivity contribution is -0.107. The molecule has 1 fully saturated rings. The number of hydrogen-bond acceptors (Lipinski definition) is 7. The maximum Gasteiger partial charge on any atom is 0.262 e. The second kappa shape index (κ2) is 22.2. The first-order chi connectivity index (χ1) is 25.3. The van der Waals surface area contributed by atoms with Gasteiger partial charge in [-0.2, -0.15) is 0 Å². The first-order valence-electron chi connectivity index (χ1n) is 17.5. The molecule has 1 saturated heterocycles. The van der Waals surface area contributed by atoms with E-state index in [1.807, 2.05) is 92.7 Å². The Labute approximate surface area is 311 Å². The smallest absolute Gasteiger partial charge is 0.262 e. The number of halogens is 4. The number of imidazole rings is 1. The fourth-order valence-corrected chi connectivity index (χ4v) is 5.52. The number of benzene rings is 3. The highest BCUT2D eigenvalue weighted by molar-refractivity contribution is 5.73. The monoisotopic (exact) mass is 736 g/mol. The van der Waals surface area contributed by atoms with Gasteiger partial charge < -0.3 is 19.9 Å². The molecule has 0 amide bonds. The summed E-state index contributed by atoms with van der Waals surface area (Å²) in [7, 11) is 3.35. The molecule has 1 aliphatic rings. The predicted octanol–water partition coefficient (Wildman–Crippen LogP) is 8.59. The highest BCUT2D eigenvalue weighted by atomic mass is 19.3. The standard InChI is InChI=1S/C29H34F4N6.C8H8O.C2H4O.C2H6/c1-28(30,31)18-38(3)14-13-35-16-24(34-2)22-9-5-20(6-10-22)21-7-11-23(12-8-21)25-17-36-27(37-25)26-15-29(32,33)19-39(26)4;9-7-6-8-4-2-1-3-5-8;1-2-3;1-2/h5-12,16-17,26,35H,2,13-15,18-19H2,1,3-4H3,(H,36,37);1-5,7H,6H2;2H,1H3;1-2H3/b24-16-;;;. The van der Waals surface area contributed by atoms with Crippen molar-refractivity contribution >= 4 is 25.0 Å². The molecule has 4 aromatic rings. The molecular formula is C41H52F4N6O2. The lowest BCUT2D eigenvalue weighted by Crippen LogP contribution is -2.35. The van der Waals surface area contributed by atoms with E-state index in [-0.39, 0.29) is 19.5 Å². The average molecular weight is 737 g/mol. The number of carbonyl (C=O) groups excluding carboxylic acids is 2. The third-order valence-corrected chi connectivity index (χ3v) is 7.88. The molecule has 53 heavy (non-hydrogen) atoms. The zero-order valence-corrected chi connectivity index (χ0v) is 31.5. The summed E-state index contributed by atoms with van der Waals surface area (Å²) in [5.74, 6) is -4.88. The molecule has 0 aliphatic carbocycles. The minimum atomic E-state index is -2.72. The Morgan fingerprint density at radius 3 is 2.11 bits per heavy atom. The molecule has 0 radical (unpaired) electrons. The van der Waals surface area contributed by atoms with Gasteiger partial charge in [-0.05, 0) is 50.0 Å². The van der Waals surface area contributed by atoms with Crippen LogP contribution in [0.4, 0.5) is 17.6 Å². The second-order valence-corrected chi connectivity index (χ2v) is 12.4. The quantitative estimate of drug-likeness (QED) is 0.0619. The number of carbonyl (C=O) groups is 2. The summed E-state index contributed by atoms with van der Waals surface area (Å²) in [5.41, 5.74) is 6.34. The fraction of sp³-hybridized carbons (Fsp3) is 0.366. The van der Waals surface area contributed by atoms with Crippen LogP contribution in [-0.4, -0.2) is 91.2 Å². The largest absolute Gasteiger partial charge is 0.388 e. The van der Waals surface area contributed by atoms with Crippen molar-refractivity contribution in [3.8, 4) is 22.4 Å². The van der Waals surface area contributed by atoms with Gasteiger partial charge in [-0.1, -0.05) is 92.7 Å². The van der Waals surface area contributed by atoms with Gasteiger partial charge in [0.25, 0.3) is 11.8 Å². The summed E-state index contributed by atoms with van der Waals surface area (Å²) >= 11 is 0. The highest BCUT2D eigenvalue weighted by Gasteiger charge is 2.44. The summed E-state index contributed by atoms with van der Waals surface area (Å²) in [4.78, 5) is 33.6. The molecule has 3 aromatic carbocycles. The molecule has 286 valence electrons. The SMILES string of the molecule is C=N/C(=C\NCCN(C)CC(C)(F)F)c1ccc(-c2ccc(-c3cnc(C4CC(F)(F)CN4C)[nH]3)cc2)cc1.CC.CC=O.O=CCc1ccccc1. The van der Waals surface area contributed by atoms with E-state index < -0.39 is 17.9 Å². The van der Waals surface area contributed by atoms with Crippen molar-refractivity contribution in [2.45, 2.75) is 58.4 Å². The van der Waals surface area contributed by atoms with Crippen molar-refractivity contribution in [1.29, 1.82) is 0 Å². The van der Waals surface area contributed by atoms with Crippen LogP contribution in [0.25, 0.3) is 28.1 Å². The molecular weight excluding hydrogens is 684 g/mol. The summed E-state index contributed by atoms with van der Waals surface area (Å²) in [6, 6.07) is 25.1. The van der Waals surface area contributed by atoms with E-state index in [2.05, 4.69) is 27.0 Å².